The second-order valence-corrected chi connectivity index (χ2v) is 6.48. The van der Waals surface area contributed by atoms with Crippen molar-refractivity contribution in [3.63, 3.8) is 0 Å². The number of rotatable bonds is 7. The molecule has 0 atom stereocenters. The fraction of sp³-hybridized carbons (Fsp3) is 0.500. The predicted octanol–water partition coefficient (Wildman–Crippen LogP) is 1.59. The first kappa shape index (κ1) is 14.4. The molecule has 5 nitrogen and oxygen atoms in total. The number of nitrogens with zero attached hydrogens (tertiary/aromatic N) is 1. The van der Waals surface area contributed by atoms with E-state index in [-0.39, 0.29) is 5.75 Å². The minimum absolute atomic E-state index is 0.121. The third kappa shape index (κ3) is 5.99. The van der Waals surface area contributed by atoms with Crippen LogP contribution < -0.4 is 10.0 Å². The van der Waals surface area contributed by atoms with Gasteiger partial charge in [0.2, 0.25) is 10.0 Å². The summed E-state index contributed by atoms with van der Waals surface area (Å²) in [6.45, 7) is 2.77. The predicted molar refractivity (Wildman–Crippen MR) is 72.5 cm³/mol. The lowest BCUT2D eigenvalue weighted by atomic mass is 10.4. The Morgan fingerprint density at radius 3 is 2.76 bits per heavy atom. The standard InChI is InChI=1S/C10H16BrN3O2S/c1-2-17(15,16)14-5-3-4-13-10-6-9(11)7-12-8-10/h6-8,13-14H,2-5H2,1H3. The lowest BCUT2D eigenvalue weighted by molar-refractivity contribution is 0.581. The minimum Gasteiger partial charge on any atom is -0.384 e. The largest absolute Gasteiger partial charge is 0.384 e. The minimum atomic E-state index is -3.07. The van der Waals surface area contributed by atoms with Crippen molar-refractivity contribution in [1.82, 2.24) is 9.71 Å². The van der Waals surface area contributed by atoms with E-state index in [0.29, 0.717) is 13.1 Å². The summed E-state index contributed by atoms with van der Waals surface area (Å²) in [5.74, 6) is 0.121. The van der Waals surface area contributed by atoms with Gasteiger partial charge in [-0.25, -0.2) is 13.1 Å². The Kier molecular flexibility index (Phi) is 5.87. The summed E-state index contributed by atoms with van der Waals surface area (Å²) in [7, 11) is -3.07. The molecular formula is C10H16BrN3O2S. The average molecular weight is 322 g/mol. The van der Waals surface area contributed by atoms with Crippen LogP contribution in [0.25, 0.3) is 0 Å². The number of pyridine rings is 1. The van der Waals surface area contributed by atoms with Gasteiger partial charge in [-0.05, 0) is 35.3 Å². The first-order valence-electron chi connectivity index (χ1n) is 5.35. The van der Waals surface area contributed by atoms with Crippen molar-refractivity contribution < 1.29 is 8.42 Å². The lowest BCUT2D eigenvalue weighted by Crippen LogP contribution is -2.27. The highest BCUT2D eigenvalue weighted by atomic mass is 79.9. The monoisotopic (exact) mass is 321 g/mol. The second-order valence-electron chi connectivity index (χ2n) is 3.47. The molecule has 17 heavy (non-hydrogen) atoms. The van der Waals surface area contributed by atoms with Crippen molar-refractivity contribution >= 4 is 31.6 Å². The van der Waals surface area contributed by atoms with Gasteiger partial charge in [0.05, 0.1) is 17.6 Å². The zero-order valence-corrected chi connectivity index (χ0v) is 12.0. The van der Waals surface area contributed by atoms with Crippen molar-refractivity contribution in [3.8, 4) is 0 Å². The molecule has 0 fully saturated rings. The zero-order valence-electron chi connectivity index (χ0n) is 9.61. The van der Waals surface area contributed by atoms with Gasteiger partial charge < -0.3 is 5.32 Å². The SMILES string of the molecule is CCS(=O)(=O)NCCCNc1cncc(Br)c1. The van der Waals surface area contributed by atoms with Crippen LogP contribution in [-0.4, -0.2) is 32.2 Å². The van der Waals surface area contributed by atoms with Crippen LogP contribution in [0.15, 0.2) is 22.9 Å². The second kappa shape index (κ2) is 6.93. The van der Waals surface area contributed by atoms with E-state index >= 15 is 0 Å². The summed E-state index contributed by atoms with van der Waals surface area (Å²) in [4.78, 5) is 4.01. The number of nitrogens with one attached hydrogen (secondary N) is 2. The molecule has 0 unspecified atom stereocenters. The molecule has 0 aliphatic heterocycles. The first-order chi connectivity index (χ1) is 8.03. The van der Waals surface area contributed by atoms with Gasteiger partial charge in [0.15, 0.2) is 0 Å². The van der Waals surface area contributed by atoms with Gasteiger partial charge in [-0.15, -0.1) is 0 Å². The maximum atomic E-state index is 11.1. The van der Waals surface area contributed by atoms with E-state index in [1.807, 2.05) is 6.07 Å². The van der Waals surface area contributed by atoms with Crippen LogP contribution in [0, 0.1) is 0 Å². The molecule has 1 heterocycles. The van der Waals surface area contributed by atoms with Crippen LogP contribution in [-0.2, 0) is 10.0 Å². The van der Waals surface area contributed by atoms with E-state index in [0.717, 1.165) is 16.6 Å². The number of hydrogen-bond donors (Lipinski definition) is 2. The highest BCUT2D eigenvalue weighted by Gasteiger charge is 2.03. The van der Waals surface area contributed by atoms with Crippen LogP contribution >= 0.6 is 15.9 Å². The molecule has 0 radical (unpaired) electrons. The topological polar surface area (TPSA) is 71.1 Å². The normalized spacial score (nSPS) is 11.4. The molecule has 0 aliphatic carbocycles. The maximum absolute atomic E-state index is 11.1. The number of halogens is 1. The molecule has 1 aromatic heterocycles. The third-order valence-electron chi connectivity index (χ3n) is 2.09. The molecular weight excluding hydrogens is 306 g/mol. The first-order valence-corrected chi connectivity index (χ1v) is 7.80. The van der Waals surface area contributed by atoms with Crippen molar-refractivity contribution in [1.29, 1.82) is 0 Å². The van der Waals surface area contributed by atoms with Crippen LogP contribution in [0.2, 0.25) is 0 Å². The number of aromatic nitrogens is 1. The summed E-state index contributed by atoms with van der Waals surface area (Å²) >= 11 is 3.33. The molecule has 0 bridgehead atoms. The van der Waals surface area contributed by atoms with Crippen LogP contribution in [0.1, 0.15) is 13.3 Å². The maximum Gasteiger partial charge on any atom is 0.211 e. The molecule has 96 valence electrons. The molecule has 0 aromatic carbocycles. The van der Waals surface area contributed by atoms with Crippen LogP contribution in [0.3, 0.4) is 0 Å². The van der Waals surface area contributed by atoms with E-state index in [1.165, 1.54) is 0 Å². The highest BCUT2D eigenvalue weighted by Crippen LogP contribution is 2.13. The molecule has 0 saturated carbocycles. The highest BCUT2D eigenvalue weighted by molar-refractivity contribution is 9.10. The van der Waals surface area contributed by atoms with Crippen molar-refractivity contribution in [2.75, 3.05) is 24.2 Å². The Morgan fingerprint density at radius 2 is 2.12 bits per heavy atom. The van der Waals surface area contributed by atoms with Gasteiger partial charge in [0, 0.05) is 23.8 Å². The molecule has 1 aromatic rings. The van der Waals surface area contributed by atoms with E-state index in [4.69, 9.17) is 0 Å². The van der Waals surface area contributed by atoms with E-state index in [9.17, 15) is 8.42 Å². The van der Waals surface area contributed by atoms with Crippen LogP contribution in [0.4, 0.5) is 5.69 Å². The molecule has 0 saturated heterocycles. The van der Waals surface area contributed by atoms with Crippen molar-refractivity contribution in [2.45, 2.75) is 13.3 Å². The Balaban J connectivity index is 2.21. The Hall–Kier alpha value is -0.660. The van der Waals surface area contributed by atoms with Crippen molar-refractivity contribution in [3.05, 3.63) is 22.9 Å². The van der Waals surface area contributed by atoms with Crippen molar-refractivity contribution in [2.24, 2.45) is 0 Å². The van der Waals surface area contributed by atoms with E-state index in [2.05, 4.69) is 31.0 Å². The van der Waals surface area contributed by atoms with Gasteiger partial charge in [-0.3, -0.25) is 4.98 Å². The fourth-order valence-corrected chi connectivity index (χ4v) is 2.18. The van der Waals surface area contributed by atoms with Gasteiger partial charge >= 0.3 is 0 Å². The number of sulfonamides is 1. The van der Waals surface area contributed by atoms with Gasteiger partial charge in [0.25, 0.3) is 0 Å². The molecule has 0 aliphatic rings. The Labute approximate surface area is 110 Å². The summed E-state index contributed by atoms with van der Waals surface area (Å²) in [6.07, 6.45) is 4.16. The molecule has 2 N–H and O–H groups in total. The summed E-state index contributed by atoms with van der Waals surface area (Å²) in [5, 5.41) is 3.16. The van der Waals surface area contributed by atoms with Gasteiger partial charge in [0.1, 0.15) is 0 Å². The molecule has 0 amide bonds. The third-order valence-corrected chi connectivity index (χ3v) is 3.93. The number of hydrogen-bond acceptors (Lipinski definition) is 4. The number of anilines is 1. The quantitative estimate of drug-likeness (QED) is 0.748. The molecule has 7 heteroatoms. The van der Waals surface area contributed by atoms with E-state index < -0.39 is 10.0 Å². The smallest absolute Gasteiger partial charge is 0.211 e. The Bertz CT molecular complexity index is 451. The molecule has 1 rings (SSSR count). The summed E-state index contributed by atoms with van der Waals surface area (Å²) in [6, 6.07) is 1.92. The molecule has 0 spiro atoms. The zero-order chi connectivity index (χ0) is 12.7. The lowest BCUT2D eigenvalue weighted by Gasteiger charge is -2.07. The van der Waals surface area contributed by atoms with Gasteiger partial charge in [-0.1, -0.05) is 0 Å². The van der Waals surface area contributed by atoms with Gasteiger partial charge in [-0.2, -0.15) is 0 Å². The Morgan fingerprint density at radius 1 is 1.35 bits per heavy atom. The summed E-state index contributed by atoms with van der Waals surface area (Å²) in [5.41, 5.74) is 0.915. The average Bonchev–Trinajstić information content (AvgIpc) is 2.29. The van der Waals surface area contributed by atoms with E-state index in [1.54, 1.807) is 19.3 Å². The van der Waals surface area contributed by atoms with Crippen LogP contribution in [0.5, 0.6) is 0 Å². The fourth-order valence-electron chi connectivity index (χ4n) is 1.16. The summed E-state index contributed by atoms with van der Waals surface area (Å²) < 4.78 is 25.7.